The molecule has 0 aliphatic carbocycles. The molecular weight excluding hydrogens is 313 g/mol. The molecule has 0 radical (unpaired) electrons. The second-order valence-corrected chi connectivity index (χ2v) is 4.27. The van der Waals surface area contributed by atoms with E-state index in [1.54, 1.807) is 12.1 Å². The van der Waals surface area contributed by atoms with Crippen LogP contribution in [0.2, 0.25) is 0 Å². The third-order valence-electron chi connectivity index (χ3n) is 2.15. The van der Waals surface area contributed by atoms with Gasteiger partial charge >= 0.3 is 6.18 Å². The molecule has 18 heavy (non-hydrogen) atoms. The number of halogens is 4. The second kappa shape index (κ2) is 5.01. The summed E-state index contributed by atoms with van der Waals surface area (Å²) in [6, 6.07) is 5.75. The lowest BCUT2D eigenvalue weighted by Gasteiger charge is -2.07. The van der Waals surface area contributed by atoms with E-state index in [0.717, 1.165) is 12.3 Å². The first-order valence-electron chi connectivity index (χ1n) is 4.96. The lowest BCUT2D eigenvalue weighted by atomic mass is 10.3. The topological polar surface area (TPSA) is 38.1 Å². The van der Waals surface area contributed by atoms with Crippen LogP contribution in [0, 0.1) is 0 Å². The molecule has 2 heterocycles. The molecule has 0 saturated heterocycles. The van der Waals surface area contributed by atoms with Gasteiger partial charge in [-0.15, -0.1) is 0 Å². The normalized spacial score (nSPS) is 11.6. The van der Waals surface area contributed by atoms with E-state index in [1.807, 2.05) is 0 Å². The molecular formula is C11H8BrF3N2O. The summed E-state index contributed by atoms with van der Waals surface area (Å²) in [5.41, 5.74) is -0.413. The van der Waals surface area contributed by atoms with E-state index in [0.29, 0.717) is 22.7 Å². The molecule has 0 bridgehead atoms. The highest BCUT2D eigenvalue weighted by atomic mass is 79.9. The molecule has 0 aromatic carbocycles. The zero-order valence-corrected chi connectivity index (χ0v) is 10.5. The molecule has 7 heteroatoms. The molecule has 0 amide bonds. The first-order valence-corrected chi connectivity index (χ1v) is 5.76. The van der Waals surface area contributed by atoms with Crippen molar-refractivity contribution in [1.82, 2.24) is 4.98 Å². The zero-order chi connectivity index (χ0) is 13.2. The van der Waals surface area contributed by atoms with E-state index >= 15 is 0 Å². The maximum absolute atomic E-state index is 12.3. The van der Waals surface area contributed by atoms with Crippen molar-refractivity contribution in [2.75, 3.05) is 5.32 Å². The number of furan rings is 1. The lowest BCUT2D eigenvalue weighted by molar-refractivity contribution is -0.141. The molecule has 2 aromatic rings. The van der Waals surface area contributed by atoms with Gasteiger partial charge in [0.25, 0.3) is 0 Å². The number of aromatic nitrogens is 1. The summed E-state index contributed by atoms with van der Waals surface area (Å²) in [6.45, 7) is 0.374. The van der Waals surface area contributed by atoms with Crippen LogP contribution in [-0.2, 0) is 12.7 Å². The Hall–Kier alpha value is -1.50. The van der Waals surface area contributed by atoms with Crippen LogP contribution in [0.1, 0.15) is 11.5 Å². The van der Waals surface area contributed by atoms with Gasteiger partial charge in [-0.25, -0.2) is 4.98 Å². The van der Waals surface area contributed by atoms with Crippen molar-refractivity contribution in [1.29, 1.82) is 0 Å². The number of nitrogens with one attached hydrogen (secondary N) is 1. The van der Waals surface area contributed by atoms with Gasteiger partial charge in [-0.05, 0) is 40.2 Å². The molecule has 1 N–H and O–H groups in total. The van der Waals surface area contributed by atoms with Crippen LogP contribution in [0.25, 0.3) is 0 Å². The van der Waals surface area contributed by atoms with E-state index in [1.165, 1.54) is 6.07 Å². The summed E-state index contributed by atoms with van der Waals surface area (Å²) in [5.74, 6) is 0.668. The van der Waals surface area contributed by atoms with E-state index in [4.69, 9.17) is 4.42 Å². The Morgan fingerprint density at radius 1 is 1.22 bits per heavy atom. The number of anilines is 1. The summed E-state index contributed by atoms with van der Waals surface area (Å²) < 4.78 is 42.6. The van der Waals surface area contributed by atoms with Crippen molar-refractivity contribution >= 4 is 21.6 Å². The minimum Gasteiger partial charge on any atom is -0.452 e. The van der Waals surface area contributed by atoms with Crippen molar-refractivity contribution in [2.45, 2.75) is 12.7 Å². The van der Waals surface area contributed by atoms with Gasteiger partial charge < -0.3 is 9.73 Å². The molecule has 2 aromatic heterocycles. The van der Waals surface area contributed by atoms with Gasteiger partial charge in [0, 0.05) is 0 Å². The van der Waals surface area contributed by atoms with Gasteiger partial charge in [0.05, 0.1) is 18.4 Å². The van der Waals surface area contributed by atoms with E-state index < -0.39 is 11.9 Å². The van der Waals surface area contributed by atoms with Gasteiger partial charge in [0.1, 0.15) is 11.5 Å². The zero-order valence-electron chi connectivity index (χ0n) is 8.96. The molecule has 3 nitrogen and oxygen atoms in total. The van der Waals surface area contributed by atoms with Crippen LogP contribution in [0.15, 0.2) is 39.5 Å². The number of hydrogen-bond acceptors (Lipinski definition) is 3. The van der Waals surface area contributed by atoms with Crippen LogP contribution >= 0.6 is 15.9 Å². The first kappa shape index (κ1) is 12.9. The standard InChI is InChI=1S/C11H8BrF3N2O/c12-10-4-2-8(18-10)6-16-7-1-3-9(17-5-7)11(13,14)15/h1-5,16H,6H2. The highest BCUT2D eigenvalue weighted by Gasteiger charge is 2.31. The third-order valence-corrected chi connectivity index (χ3v) is 2.58. The average Bonchev–Trinajstić information content (AvgIpc) is 2.72. The molecule has 0 fully saturated rings. The smallest absolute Gasteiger partial charge is 0.433 e. The highest BCUT2D eigenvalue weighted by molar-refractivity contribution is 9.10. The Morgan fingerprint density at radius 2 is 2.00 bits per heavy atom. The van der Waals surface area contributed by atoms with Gasteiger partial charge in [0.15, 0.2) is 4.67 Å². The fraction of sp³-hybridized carbons (Fsp3) is 0.182. The molecule has 0 atom stereocenters. The fourth-order valence-corrected chi connectivity index (χ4v) is 1.64. The van der Waals surface area contributed by atoms with Gasteiger partial charge in [-0.1, -0.05) is 0 Å². The molecule has 96 valence electrons. The van der Waals surface area contributed by atoms with Crippen molar-refractivity contribution in [3.8, 4) is 0 Å². The highest BCUT2D eigenvalue weighted by Crippen LogP contribution is 2.27. The lowest BCUT2D eigenvalue weighted by Crippen LogP contribution is -2.08. The summed E-state index contributed by atoms with van der Waals surface area (Å²) in [6.07, 6.45) is -3.27. The van der Waals surface area contributed by atoms with Crippen molar-refractivity contribution < 1.29 is 17.6 Å². The SMILES string of the molecule is FC(F)(F)c1ccc(NCc2ccc(Br)o2)cn1. The van der Waals surface area contributed by atoms with Crippen LogP contribution in [-0.4, -0.2) is 4.98 Å². The summed E-state index contributed by atoms with van der Waals surface area (Å²) in [7, 11) is 0. The Labute approximate surface area is 109 Å². The maximum Gasteiger partial charge on any atom is 0.433 e. The van der Waals surface area contributed by atoms with Crippen molar-refractivity contribution in [2.24, 2.45) is 0 Å². The average molecular weight is 321 g/mol. The molecule has 0 aliphatic heterocycles. The number of pyridine rings is 1. The van der Waals surface area contributed by atoms with E-state index in [-0.39, 0.29) is 0 Å². The summed E-state index contributed by atoms with van der Waals surface area (Å²) >= 11 is 3.16. The van der Waals surface area contributed by atoms with Crippen LogP contribution < -0.4 is 5.32 Å². The van der Waals surface area contributed by atoms with Gasteiger partial charge in [-0.2, -0.15) is 13.2 Å². The van der Waals surface area contributed by atoms with Crippen LogP contribution in [0.5, 0.6) is 0 Å². The predicted octanol–water partition coefficient (Wildman–Crippen LogP) is 4.07. The summed E-state index contributed by atoms with van der Waals surface area (Å²) in [5, 5.41) is 2.91. The number of nitrogens with zero attached hydrogens (tertiary/aromatic N) is 1. The molecule has 0 spiro atoms. The van der Waals surface area contributed by atoms with Crippen LogP contribution in [0.3, 0.4) is 0 Å². The van der Waals surface area contributed by atoms with E-state index in [9.17, 15) is 13.2 Å². The largest absolute Gasteiger partial charge is 0.452 e. The van der Waals surface area contributed by atoms with Gasteiger partial charge in [0.2, 0.25) is 0 Å². The molecule has 0 saturated carbocycles. The van der Waals surface area contributed by atoms with Gasteiger partial charge in [-0.3, -0.25) is 0 Å². The second-order valence-electron chi connectivity index (χ2n) is 3.49. The van der Waals surface area contributed by atoms with Crippen molar-refractivity contribution in [3.05, 3.63) is 46.6 Å². The van der Waals surface area contributed by atoms with Crippen molar-refractivity contribution in [3.63, 3.8) is 0 Å². The Kier molecular flexibility index (Phi) is 3.60. The number of rotatable bonds is 3. The molecule has 2 rings (SSSR count). The number of hydrogen-bond donors (Lipinski definition) is 1. The minimum atomic E-state index is -4.41. The quantitative estimate of drug-likeness (QED) is 0.926. The Balaban J connectivity index is 1.98. The summed E-state index contributed by atoms with van der Waals surface area (Å²) in [4.78, 5) is 3.34. The Morgan fingerprint density at radius 3 is 2.50 bits per heavy atom. The van der Waals surface area contributed by atoms with Crippen LogP contribution in [0.4, 0.5) is 18.9 Å². The minimum absolute atomic E-state index is 0.374. The first-order chi connectivity index (χ1) is 8.45. The predicted molar refractivity (Wildman–Crippen MR) is 63.0 cm³/mol. The molecule has 0 unspecified atom stereocenters. The molecule has 0 aliphatic rings. The maximum atomic E-state index is 12.3. The Bertz CT molecular complexity index is 522. The van der Waals surface area contributed by atoms with E-state index in [2.05, 4.69) is 26.2 Å². The fourth-order valence-electron chi connectivity index (χ4n) is 1.30. The monoisotopic (exact) mass is 320 g/mol. The number of alkyl halides is 3. The third kappa shape index (κ3) is 3.25.